The first-order valence-corrected chi connectivity index (χ1v) is 7.43. The normalized spacial score (nSPS) is 17.2. The van der Waals surface area contributed by atoms with Crippen LogP contribution in [0.3, 0.4) is 0 Å². The van der Waals surface area contributed by atoms with Crippen molar-refractivity contribution >= 4 is 18.3 Å². The molecule has 0 aliphatic heterocycles. The number of carbonyl (C=O) groups is 1. The van der Waals surface area contributed by atoms with Gasteiger partial charge in [-0.3, -0.25) is 4.79 Å². The van der Waals surface area contributed by atoms with Crippen molar-refractivity contribution in [1.82, 2.24) is 5.32 Å². The number of rotatable bonds is 4. The molecule has 3 nitrogen and oxygen atoms in total. The Labute approximate surface area is 137 Å². The molecule has 0 aromatic heterocycles. The van der Waals surface area contributed by atoms with E-state index >= 15 is 0 Å². The van der Waals surface area contributed by atoms with E-state index in [4.69, 9.17) is 5.73 Å². The average Bonchev–Trinajstić information content (AvgIpc) is 2.92. The van der Waals surface area contributed by atoms with Gasteiger partial charge in [0.2, 0.25) is 5.91 Å². The molecule has 1 amide bonds. The van der Waals surface area contributed by atoms with Crippen LogP contribution in [0.5, 0.6) is 0 Å². The second kappa shape index (κ2) is 7.43. The highest BCUT2D eigenvalue weighted by atomic mass is 35.5. The van der Waals surface area contributed by atoms with E-state index in [1.54, 1.807) is 0 Å². The highest BCUT2D eigenvalue weighted by Crippen LogP contribution is 2.31. The summed E-state index contributed by atoms with van der Waals surface area (Å²) in [5.41, 5.74) is 9.37. The smallest absolute Gasteiger partial charge is 0.229 e. The molecule has 0 radical (unpaired) electrons. The number of amides is 1. The molecule has 1 aliphatic carbocycles. The monoisotopic (exact) mass is 316 g/mol. The van der Waals surface area contributed by atoms with Gasteiger partial charge in [-0.15, -0.1) is 12.4 Å². The average molecular weight is 317 g/mol. The van der Waals surface area contributed by atoms with Crippen molar-refractivity contribution in [2.45, 2.75) is 24.8 Å². The Morgan fingerprint density at radius 3 is 2.55 bits per heavy atom. The molecular formula is C18H21ClN2O. The van der Waals surface area contributed by atoms with Crippen LogP contribution < -0.4 is 11.1 Å². The number of aryl methyl sites for hydroxylation is 1. The van der Waals surface area contributed by atoms with Gasteiger partial charge in [-0.05, 0) is 29.5 Å². The van der Waals surface area contributed by atoms with Gasteiger partial charge in [-0.2, -0.15) is 0 Å². The minimum atomic E-state index is -0.279. The Hall–Kier alpha value is -1.84. The summed E-state index contributed by atoms with van der Waals surface area (Å²) in [5, 5.41) is 3.17. The molecule has 1 aliphatic rings. The molecule has 2 unspecified atom stereocenters. The first-order valence-electron chi connectivity index (χ1n) is 7.43. The van der Waals surface area contributed by atoms with Crippen LogP contribution in [0.4, 0.5) is 0 Å². The summed E-state index contributed by atoms with van der Waals surface area (Å²) in [6, 6.07) is 18.2. The third-order valence-corrected chi connectivity index (χ3v) is 4.20. The number of benzene rings is 2. The van der Waals surface area contributed by atoms with Gasteiger partial charge in [0.25, 0.3) is 0 Å². The second-order valence-corrected chi connectivity index (χ2v) is 5.50. The predicted molar refractivity (Wildman–Crippen MR) is 91.1 cm³/mol. The summed E-state index contributed by atoms with van der Waals surface area (Å²) in [7, 11) is 0. The standard InChI is InChI=1S/C18H20N2O.ClH/c19-12-16(13-6-2-1-3-7-13)18(21)20-17-11-10-14-8-4-5-9-15(14)17;/h1-9,16-17H,10-12,19H2,(H,20,21);1H. The molecule has 0 bridgehead atoms. The fraction of sp³-hybridized carbons (Fsp3) is 0.278. The SMILES string of the molecule is Cl.NCC(C(=O)NC1CCc2ccccc21)c1ccccc1. The summed E-state index contributed by atoms with van der Waals surface area (Å²) in [6.45, 7) is 0.324. The maximum atomic E-state index is 12.5. The maximum Gasteiger partial charge on any atom is 0.229 e. The summed E-state index contributed by atoms with van der Waals surface area (Å²) in [6.07, 6.45) is 2.00. The van der Waals surface area contributed by atoms with Gasteiger partial charge >= 0.3 is 0 Å². The largest absolute Gasteiger partial charge is 0.349 e. The molecule has 0 saturated heterocycles. The molecule has 3 N–H and O–H groups in total. The molecule has 0 spiro atoms. The number of fused-ring (bicyclic) bond motifs is 1. The van der Waals surface area contributed by atoms with Gasteiger partial charge in [0.1, 0.15) is 0 Å². The van der Waals surface area contributed by atoms with Gasteiger partial charge in [0.05, 0.1) is 12.0 Å². The van der Waals surface area contributed by atoms with Gasteiger partial charge in [0, 0.05) is 6.54 Å². The Kier molecular flexibility index (Phi) is 5.58. The van der Waals surface area contributed by atoms with Gasteiger partial charge < -0.3 is 11.1 Å². The van der Waals surface area contributed by atoms with Crippen molar-refractivity contribution in [1.29, 1.82) is 0 Å². The minimum absolute atomic E-state index is 0. The van der Waals surface area contributed by atoms with Crippen LogP contribution in [0, 0.1) is 0 Å². The van der Waals surface area contributed by atoms with E-state index in [1.165, 1.54) is 11.1 Å². The zero-order valence-electron chi connectivity index (χ0n) is 12.4. The highest BCUT2D eigenvalue weighted by Gasteiger charge is 2.26. The number of hydrogen-bond donors (Lipinski definition) is 2. The van der Waals surface area contributed by atoms with Crippen LogP contribution in [-0.2, 0) is 11.2 Å². The van der Waals surface area contributed by atoms with Crippen LogP contribution in [0.15, 0.2) is 54.6 Å². The summed E-state index contributed by atoms with van der Waals surface area (Å²) < 4.78 is 0. The van der Waals surface area contributed by atoms with E-state index in [1.807, 2.05) is 36.4 Å². The Morgan fingerprint density at radius 1 is 1.14 bits per heavy atom. The van der Waals surface area contributed by atoms with E-state index in [0.29, 0.717) is 6.54 Å². The minimum Gasteiger partial charge on any atom is -0.349 e. The van der Waals surface area contributed by atoms with Crippen LogP contribution in [-0.4, -0.2) is 12.5 Å². The van der Waals surface area contributed by atoms with Crippen LogP contribution >= 0.6 is 12.4 Å². The van der Waals surface area contributed by atoms with Gasteiger partial charge in [-0.25, -0.2) is 0 Å². The number of halogens is 1. The number of carbonyl (C=O) groups excluding carboxylic acids is 1. The third-order valence-electron chi connectivity index (χ3n) is 4.20. The molecule has 4 heteroatoms. The lowest BCUT2D eigenvalue weighted by Gasteiger charge is -2.20. The lowest BCUT2D eigenvalue weighted by molar-refractivity contribution is -0.123. The van der Waals surface area contributed by atoms with E-state index in [-0.39, 0.29) is 30.3 Å². The fourth-order valence-electron chi connectivity index (χ4n) is 3.06. The van der Waals surface area contributed by atoms with E-state index < -0.39 is 0 Å². The third kappa shape index (κ3) is 3.32. The molecule has 116 valence electrons. The maximum absolute atomic E-state index is 12.5. The zero-order chi connectivity index (χ0) is 14.7. The van der Waals surface area contributed by atoms with Crippen LogP contribution in [0.2, 0.25) is 0 Å². The van der Waals surface area contributed by atoms with Crippen molar-refractivity contribution in [3.8, 4) is 0 Å². The summed E-state index contributed by atoms with van der Waals surface area (Å²) in [4.78, 5) is 12.5. The van der Waals surface area contributed by atoms with E-state index in [2.05, 4.69) is 23.5 Å². The Morgan fingerprint density at radius 2 is 1.82 bits per heavy atom. The lowest BCUT2D eigenvalue weighted by atomic mass is 9.97. The molecule has 2 aromatic rings. The van der Waals surface area contributed by atoms with E-state index in [0.717, 1.165) is 18.4 Å². The topological polar surface area (TPSA) is 55.1 Å². The molecule has 0 fully saturated rings. The van der Waals surface area contributed by atoms with Crippen molar-refractivity contribution in [3.05, 3.63) is 71.3 Å². The summed E-state index contributed by atoms with van der Waals surface area (Å²) >= 11 is 0. The molecule has 22 heavy (non-hydrogen) atoms. The zero-order valence-corrected chi connectivity index (χ0v) is 13.2. The summed E-state index contributed by atoms with van der Waals surface area (Å²) in [5.74, 6) is -0.260. The molecular weight excluding hydrogens is 296 g/mol. The Bertz CT molecular complexity index is 630. The molecule has 3 rings (SSSR count). The molecule has 2 aromatic carbocycles. The van der Waals surface area contributed by atoms with Gasteiger partial charge in [-0.1, -0.05) is 54.6 Å². The highest BCUT2D eigenvalue weighted by molar-refractivity contribution is 5.85. The number of nitrogens with two attached hydrogens (primary N) is 1. The lowest BCUT2D eigenvalue weighted by Crippen LogP contribution is -2.35. The van der Waals surface area contributed by atoms with Crippen molar-refractivity contribution in [2.75, 3.05) is 6.54 Å². The first-order chi connectivity index (χ1) is 10.3. The second-order valence-electron chi connectivity index (χ2n) is 5.50. The molecule has 2 atom stereocenters. The van der Waals surface area contributed by atoms with Crippen molar-refractivity contribution in [3.63, 3.8) is 0 Å². The Balaban J connectivity index is 0.00000176. The number of hydrogen-bond acceptors (Lipinski definition) is 2. The van der Waals surface area contributed by atoms with Crippen LogP contribution in [0.25, 0.3) is 0 Å². The van der Waals surface area contributed by atoms with E-state index in [9.17, 15) is 4.79 Å². The quantitative estimate of drug-likeness (QED) is 0.911. The van der Waals surface area contributed by atoms with Crippen LogP contribution in [0.1, 0.15) is 35.1 Å². The predicted octanol–water partition coefficient (Wildman–Crippen LogP) is 2.95. The molecule has 0 heterocycles. The fourth-order valence-corrected chi connectivity index (χ4v) is 3.06. The first kappa shape index (κ1) is 16.5. The van der Waals surface area contributed by atoms with Gasteiger partial charge in [0.15, 0.2) is 0 Å². The molecule has 0 saturated carbocycles. The number of nitrogens with one attached hydrogen (secondary N) is 1. The van der Waals surface area contributed by atoms with Crippen molar-refractivity contribution < 1.29 is 4.79 Å². The van der Waals surface area contributed by atoms with Crippen molar-refractivity contribution in [2.24, 2.45) is 5.73 Å².